The minimum atomic E-state index is -4.39. The molecule has 0 aliphatic carbocycles. The van der Waals surface area contributed by atoms with Gasteiger partial charge in [-0.25, -0.2) is 4.79 Å². The molecule has 2 amide bonds. The van der Waals surface area contributed by atoms with E-state index in [-0.39, 0.29) is 16.8 Å². The van der Waals surface area contributed by atoms with E-state index in [1.807, 2.05) is 12.1 Å². The van der Waals surface area contributed by atoms with Crippen LogP contribution in [0.5, 0.6) is 0 Å². The van der Waals surface area contributed by atoms with Gasteiger partial charge in [-0.2, -0.15) is 13.2 Å². The van der Waals surface area contributed by atoms with Crippen molar-refractivity contribution in [3.8, 4) is 0 Å². The molecule has 1 aliphatic rings. The number of nitrogens with zero attached hydrogens (tertiary/aromatic N) is 1. The van der Waals surface area contributed by atoms with Gasteiger partial charge in [0.2, 0.25) is 0 Å². The molecule has 2 aromatic rings. The van der Waals surface area contributed by atoms with Crippen molar-refractivity contribution < 1.29 is 18.0 Å². The predicted molar refractivity (Wildman–Crippen MR) is 108 cm³/mol. The fraction of sp³-hybridized carbons (Fsp3) is 0.381. The lowest BCUT2D eigenvalue weighted by atomic mass is 9.87. The van der Waals surface area contributed by atoms with E-state index >= 15 is 0 Å². The average molecular weight is 408 g/mol. The molecule has 3 nitrogen and oxygen atoms in total. The summed E-state index contributed by atoms with van der Waals surface area (Å²) in [5, 5.41) is 2.60. The summed E-state index contributed by atoms with van der Waals surface area (Å²) in [4.78, 5) is 14.4. The van der Waals surface area contributed by atoms with Crippen molar-refractivity contribution >= 4 is 23.5 Å². The average Bonchev–Trinajstić information content (AvgIpc) is 3.10. The number of nitrogens with one attached hydrogen (secondary N) is 1. The number of hydrogen-bond acceptors (Lipinski definition) is 2. The number of halogens is 3. The van der Waals surface area contributed by atoms with Crippen LogP contribution < -0.4 is 5.32 Å². The zero-order valence-corrected chi connectivity index (χ0v) is 16.8. The molecule has 0 radical (unpaired) electrons. The number of anilines is 1. The molecule has 0 saturated carbocycles. The lowest BCUT2D eigenvalue weighted by molar-refractivity contribution is -0.137. The molecule has 0 aromatic heterocycles. The number of hydrogen-bond donors (Lipinski definition) is 1. The van der Waals surface area contributed by atoms with Crippen LogP contribution in [0.1, 0.15) is 42.8 Å². The number of benzene rings is 2. The Bertz CT molecular complexity index is 827. The fourth-order valence-electron chi connectivity index (χ4n) is 3.04. The Morgan fingerprint density at radius 3 is 2.11 bits per heavy atom. The molecule has 3 rings (SSSR count). The highest BCUT2D eigenvalue weighted by Crippen LogP contribution is 2.39. The van der Waals surface area contributed by atoms with Gasteiger partial charge in [-0.15, -0.1) is 11.8 Å². The first-order chi connectivity index (χ1) is 13.1. The summed E-state index contributed by atoms with van der Waals surface area (Å²) >= 11 is 1.68. The van der Waals surface area contributed by atoms with E-state index in [4.69, 9.17) is 0 Å². The molecule has 1 N–H and O–H groups in total. The Kier molecular flexibility index (Phi) is 5.66. The van der Waals surface area contributed by atoms with Crippen molar-refractivity contribution in [3.63, 3.8) is 0 Å². The molecule has 1 saturated heterocycles. The highest BCUT2D eigenvalue weighted by Gasteiger charge is 2.32. The minimum absolute atomic E-state index is 0.0565. The third kappa shape index (κ3) is 4.63. The Hall–Kier alpha value is -2.15. The van der Waals surface area contributed by atoms with Gasteiger partial charge in [0.15, 0.2) is 0 Å². The second kappa shape index (κ2) is 7.70. The first kappa shape index (κ1) is 20.6. The predicted octanol–water partition coefficient (Wildman–Crippen LogP) is 6.28. The van der Waals surface area contributed by atoms with Crippen LogP contribution in [0.3, 0.4) is 0 Å². The number of rotatable bonds is 2. The number of carbonyl (C=O) groups is 1. The van der Waals surface area contributed by atoms with Gasteiger partial charge in [-0.1, -0.05) is 45.0 Å². The van der Waals surface area contributed by atoms with Crippen molar-refractivity contribution in [2.24, 2.45) is 0 Å². The van der Waals surface area contributed by atoms with E-state index in [9.17, 15) is 18.0 Å². The van der Waals surface area contributed by atoms with Gasteiger partial charge in [0.25, 0.3) is 0 Å². The zero-order valence-electron chi connectivity index (χ0n) is 16.0. The monoisotopic (exact) mass is 408 g/mol. The first-order valence-corrected chi connectivity index (χ1v) is 10.1. The molecule has 1 aliphatic heterocycles. The molecule has 1 heterocycles. The third-order valence-corrected chi connectivity index (χ3v) is 5.94. The highest BCUT2D eigenvalue weighted by atomic mass is 32.2. The maximum atomic E-state index is 12.7. The maximum Gasteiger partial charge on any atom is 0.416 e. The molecule has 150 valence electrons. The number of amides is 2. The molecule has 7 heteroatoms. The van der Waals surface area contributed by atoms with Crippen molar-refractivity contribution in [1.82, 2.24) is 4.90 Å². The topological polar surface area (TPSA) is 32.3 Å². The van der Waals surface area contributed by atoms with Gasteiger partial charge in [0.1, 0.15) is 5.37 Å². The second-order valence-electron chi connectivity index (χ2n) is 7.79. The summed E-state index contributed by atoms with van der Waals surface area (Å²) in [6.07, 6.45) is -4.39. The van der Waals surface area contributed by atoms with Gasteiger partial charge in [0.05, 0.1) is 5.56 Å². The molecule has 1 atom stereocenters. The molecular formula is C21H23F3N2OS. The largest absolute Gasteiger partial charge is 0.416 e. The number of alkyl halides is 3. The van der Waals surface area contributed by atoms with Crippen LogP contribution in [0.15, 0.2) is 48.5 Å². The van der Waals surface area contributed by atoms with Crippen molar-refractivity contribution in [2.75, 3.05) is 17.6 Å². The van der Waals surface area contributed by atoms with Crippen LogP contribution in [-0.4, -0.2) is 23.2 Å². The first-order valence-electron chi connectivity index (χ1n) is 9.02. The van der Waals surface area contributed by atoms with Crippen LogP contribution in [0.25, 0.3) is 0 Å². The second-order valence-corrected chi connectivity index (χ2v) is 8.98. The molecule has 0 spiro atoms. The van der Waals surface area contributed by atoms with E-state index in [2.05, 4.69) is 38.2 Å². The summed E-state index contributed by atoms with van der Waals surface area (Å²) in [5.41, 5.74) is 1.93. The molecule has 2 aromatic carbocycles. The summed E-state index contributed by atoms with van der Waals surface area (Å²) in [7, 11) is 0. The van der Waals surface area contributed by atoms with Gasteiger partial charge in [-0.05, 0) is 40.8 Å². The number of thioether (sulfide) groups is 1. The van der Waals surface area contributed by atoms with Crippen LogP contribution in [0, 0.1) is 0 Å². The molecule has 0 bridgehead atoms. The van der Waals surface area contributed by atoms with E-state index in [1.54, 1.807) is 16.7 Å². The van der Waals surface area contributed by atoms with Crippen molar-refractivity contribution in [3.05, 3.63) is 65.2 Å². The molecule has 1 fully saturated rings. The summed E-state index contributed by atoms with van der Waals surface area (Å²) in [5.74, 6) is 0.812. The van der Waals surface area contributed by atoms with Gasteiger partial charge < -0.3 is 10.2 Å². The SMILES string of the molecule is CC(C)(C)c1ccc(C2SCCN2C(=O)Nc2ccc(C(F)(F)F)cc2)cc1. The Labute approximate surface area is 167 Å². The third-order valence-electron chi connectivity index (χ3n) is 4.68. The van der Waals surface area contributed by atoms with Crippen molar-refractivity contribution in [2.45, 2.75) is 37.7 Å². The van der Waals surface area contributed by atoms with E-state index in [0.717, 1.165) is 23.4 Å². The Morgan fingerprint density at radius 1 is 1.00 bits per heavy atom. The van der Waals surface area contributed by atoms with Gasteiger partial charge >= 0.3 is 12.2 Å². The van der Waals surface area contributed by atoms with E-state index < -0.39 is 11.7 Å². The molecular weight excluding hydrogens is 385 g/mol. The number of carbonyl (C=O) groups excluding carboxylic acids is 1. The minimum Gasteiger partial charge on any atom is -0.308 e. The van der Waals surface area contributed by atoms with Crippen LogP contribution in [-0.2, 0) is 11.6 Å². The summed E-state index contributed by atoms with van der Waals surface area (Å²) in [6.45, 7) is 7.03. The van der Waals surface area contributed by atoms with Crippen LogP contribution in [0.4, 0.5) is 23.7 Å². The Morgan fingerprint density at radius 2 is 1.57 bits per heavy atom. The lowest BCUT2D eigenvalue weighted by Gasteiger charge is -2.25. The van der Waals surface area contributed by atoms with Crippen LogP contribution >= 0.6 is 11.8 Å². The number of urea groups is 1. The van der Waals surface area contributed by atoms with Gasteiger partial charge in [-0.3, -0.25) is 0 Å². The molecule has 1 unspecified atom stereocenters. The van der Waals surface area contributed by atoms with E-state index in [0.29, 0.717) is 12.2 Å². The Balaban J connectivity index is 1.71. The van der Waals surface area contributed by atoms with E-state index in [1.165, 1.54) is 17.7 Å². The van der Waals surface area contributed by atoms with Gasteiger partial charge in [0, 0.05) is 18.0 Å². The molecule has 28 heavy (non-hydrogen) atoms. The summed E-state index contributed by atoms with van der Waals surface area (Å²) in [6, 6.07) is 12.4. The quantitative estimate of drug-likeness (QED) is 0.634. The van der Waals surface area contributed by atoms with Crippen LogP contribution in [0.2, 0.25) is 0 Å². The lowest BCUT2D eigenvalue weighted by Crippen LogP contribution is -2.34. The smallest absolute Gasteiger partial charge is 0.308 e. The maximum absolute atomic E-state index is 12.7. The fourth-order valence-corrected chi connectivity index (χ4v) is 4.30. The zero-order chi connectivity index (χ0) is 20.5. The standard InChI is InChI=1S/C21H23F3N2OS/c1-20(2,3)15-6-4-14(5-7-15)18-26(12-13-28-18)19(27)25-17-10-8-16(9-11-17)21(22,23)24/h4-11,18H,12-13H2,1-3H3,(H,25,27). The van der Waals surface area contributed by atoms with Crippen molar-refractivity contribution in [1.29, 1.82) is 0 Å². The summed E-state index contributed by atoms with van der Waals surface area (Å²) < 4.78 is 38.0. The highest BCUT2D eigenvalue weighted by molar-refractivity contribution is 7.99. The normalized spacial score (nSPS) is 17.6.